The lowest BCUT2D eigenvalue weighted by molar-refractivity contribution is -0.133. The molecular formula is C17H25N3O2. The van der Waals surface area contributed by atoms with E-state index in [1.165, 1.54) is 38.5 Å². The highest BCUT2D eigenvalue weighted by molar-refractivity contribution is 6.10. The summed E-state index contributed by atoms with van der Waals surface area (Å²) in [4.78, 5) is 11.4. The number of carboxylic acid groups (broad SMARTS) is 1. The van der Waals surface area contributed by atoms with E-state index < -0.39 is 5.97 Å². The van der Waals surface area contributed by atoms with Crippen LogP contribution in [0.15, 0.2) is 38.9 Å². The minimum Gasteiger partial charge on any atom is -0.478 e. The number of carbonyl (C=O) groups is 1. The Morgan fingerprint density at radius 3 is 2.45 bits per heavy atom. The molecule has 2 aliphatic rings. The zero-order valence-electron chi connectivity index (χ0n) is 13.3. The molecule has 0 saturated carbocycles. The lowest BCUT2D eigenvalue weighted by Gasteiger charge is -2.20. The molecule has 1 atom stereocenters. The Hall–Kier alpha value is -1.78. The van der Waals surface area contributed by atoms with Crippen molar-refractivity contribution in [3.63, 3.8) is 0 Å². The second-order valence-corrected chi connectivity index (χ2v) is 5.97. The van der Waals surface area contributed by atoms with Gasteiger partial charge in [0, 0.05) is 11.5 Å². The van der Waals surface area contributed by atoms with Crippen LogP contribution in [-0.4, -0.2) is 16.8 Å². The zero-order chi connectivity index (χ0) is 15.8. The first-order valence-electron chi connectivity index (χ1n) is 8.38. The van der Waals surface area contributed by atoms with Crippen LogP contribution < -0.4 is 0 Å². The van der Waals surface area contributed by atoms with Gasteiger partial charge in [-0.15, -0.1) is 10.2 Å². The summed E-state index contributed by atoms with van der Waals surface area (Å²) in [5, 5.41) is 21.0. The molecule has 0 fully saturated rings. The van der Waals surface area contributed by atoms with Crippen LogP contribution in [0.5, 0.6) is 0 Å². The van der Waals surface area contributed by atoms with Crippen LogP contribution >= 0.6 is 0 Å². The monoisotopic (exact) mass is 303 g/mol. The van der Waals surface area contributed by atoms with Crippen molar-refractivity contribution in [1.82, 2.24) is 0 Å². The van der Waals surface area contributed by atoms with Crippen molar-refractivity contribution in [2.45, 2.75) is 64.7 Å². The van der Waals surface area contributed by atoms with Gasteiger partial charge in [-0.05, 0) is 23.8 Å². The molecule has 0 aromatic heterocycles. The van der Waals surface area contributed by atoms with Gasteiger partial charge in [-0.25, -0.2) is 4.79 Å². The molecule has 0 aromatic rings. The number of nitrogens with zero attached hydrogens (tertiary/aromatic N) is 3. The molecule has 120 valence electrons. The third-order valence-electron chi connectivity index (χ3n) is 4.29. The summed E-state index contributed by atoms with van der Waals surface area (Å²) in [5.74, 6) is -1.03. The number of unbranched alkanes of at least 4 members (excludes halogenated alkanes) is 7. The Morgan fingerprint density at radius 2 is 1.77 bits per heavy atom. The quantitative estimate of drug-likeness (QED) is 0.585. The molecule has 1 aliphatic heterocycles. The first-order chi connectivity index (χ1) is 10.7. The molecule has 22 heavy (non-hydrogen) atoms. The van der Waals surface area contributed by atoms with Crippen molar-refractivity contribution in [3.8, 4) is 0 Å². The highest BCUT2D eigenvalue weighted by Crippen LogP contribution is 2.31. The van der Waals surface area contributed by atoms with Gasteiger partial charge in [-0.2, -0.15) is 0 Å². The summed E-state index contributed by atoms with van der Waals surface area (Å²) < 4.78 is 0. The highest BCUT2D eigenvalue weighted by Gasteiger charge is 2.32. The molecule has 2 rings (SSSR count). The Bertz CT molecular complexity index is 518. The van der Waals surface area contributed by atoms with Crippen molar-refractivity contribution >= 4 is 11.7 Å². The van der Waals surface area contributed by atoms with E-state index in [0.29, 0.717) is 5.57 Å². The van der Waals surface area contributed by atoms with E-state index in [9.17, 15) is 9.90 Å². The molecule has 5 nitrogen and oxygen atoms in total. The summed E-state index contributed by atoms with van der Waals surface area (Å²) in [6.45, 7) is 2.23. The molecular weight excluding hydrogens is 278 g/mol. The SMILES string of the molecule is CCCCCCCCCCC1C(C(=O)O)=CC=C2N=NN=C21. The molecule has 1 heterocycles. The molecule has 1 N–H and O–H groups in total. The second kappa shape index (κ2) is 8.61. The lowest BCUT2D eigenvalue weighted by Crippen LogP contribution is -2.24. The number of fused-ring (bicyclic) bond motifs is 1. The predicted octanol–water partition coefficient (Wildman–Crippen LogP) is 4.86. The van der Waals surface area contributed by atoms with E-state index in [2.05, 4.69) is 22.4 Å². The summed E-state index contributed by atoms with van der Waals surface area (Å²) in [6, 6.07) is 0. The van der Waals surface area contributed by atoms with E-state index in [0.717, 1.165) is 30.7 Å². The maximum atomic E-state index is 11.4. The van der Waals surface area contributed by atoms with Crippen molar-refractivity contribution < 1.29 is 9.90 Å². The minimum absolute atomic E-state index is 0.160. The van der Waals surface area contributed by atoms with E-state index in [-0.39, 0.29) is 5.92 Å². The van der Waals surface area contributed by atoms with Crippen molar-refractivity contribution in [3.05, 3.63) is 23.4 Å². The summed E-state index contributed by atoms with van der Waals surface area (Å²) in [6.07, 6.45) is 14.1. The van der Waals surface area contributed by atoms with Crippen LogP contribution in [0.25, 0.3) is 0 Å². The van der Waals surface area contributed by atoms with Gasteiger partial charge in [-0.3, -0.25) is 0 Å². The predicted molar refractivity (Wildman–Crippen MR) is 86.8 cm³/mol. The Balaban J connectivity index is 1.75. The molecule has 0 spiro atoms. The Kier molecular flexibility index (Phi) is 6.49. The van der Waals surface area contributed by atoms with Crippen LogP contribution in [0.1, 0.15) is 64.7 Å². The number of allylic oxidation sites excluding steroid dienone is 3. The molecule has 0 radical (unpaired) electrons. The zero-order valence-corrected chi connectivity index (χ0v) is 13.3. The third-order valence-corrected chi connectivity index (χ3v) is 4.29. The number of rotatable bonds is 10. The largest absolute Gasteiger partial charge is 0.478 e. The fourth-order valence-corrected chi connectivity index (χ4v) is 3.02. The van der Waals surface area contributed by atoms with Crippen molar-refractivity contribution in [2.24, 2.45) is 21.4 Å². The fourth-order valence-electron chi connectivity index (χ4n) is 3.02. The maximum Gasteiger partial charge on any atom is 0.332 e. The van der Waals surface area contributed by atoms with Gasteiger partial charge < -0.3 is 5.11 Å². The topological polar surface area (TPSA) is 74.4 Å². The highest BCUT2D eigenvalue weighted by atomic mass is 16.4. The number of carboxylic acids is 1. The minimum atomic E-state index is -0.866. The summed E-state index contributed by atoms with van der Waals surface area (Å²) in [5.41, 5.74) is 1.86. The molecule has 0 bridgehead atoms. The van der Waals surface area contributed by atoms with Gasteiger partial charge in [0.2, 0.25) is 0 Å². The number of aliphatic carboxylic acids is 1. The maximum absolute atomic E-state index is 11.4. The molecule has 0 aromatic carbocycles. The average Bonchev–Trinajstić information content (AvgIpc) is 2.98. The first-order valence-corrected chi connectivity index (χ1v) is 8.38. The van der Waals surface area contributed by atoms with Crippen molar-refractivity contribution in [2.75, 3.05) is 0 Å². The van der Waals surface area contributed by atoms with E-state index >= 15 is 0 Å². The smallest absolute Gasteiger partial charge is 0.332 e. The van der Waals surface area contributed by atoms with Gasteiger partial charge in [-0.1, -0.05) is 58.3 Å². The Labute approximate surface area is 131 Å². The first kappa shape index (κ1) is 16.6. The van der Waals surface area contributed by atoms with Gasteiger partial charge in [0.1, 0.15) is 11.4 Å². The van der Waals surface area contributed by atoms with E-state index in [4.69, 9.17) is 0 Å². The second-order valence-electron chi connectivity index (χ2n) is 5.97. The van der Waals surface area contributed by atoms with Crippen LogP contribution in [0, 0.1) is 5.92 Å². The Morgan fingerprint density at radius 1 is 1.09 bits per heavy atom. The number of hydrogen-bond donors (Lipinski definition) is 1. The summed E-state index contributed by atoms with van der Waals surface area (Å²) >= 11 is 0. The molecule has 5 heteroatoms. The molecule has 0 saturated heterocycles. The van der Waals surface area contributed by atoms with Gasteiger partial charge in [0.05, 0.1) is 0 Å². The van der Waals surface area contributed by atoms with Gasteiger partial charge >= 0.3 is 5.97 Å². The van der Waals surface area contributed by atoms with Crippen LogP contribution in [0.3, 0.4) is 0 Å². The molecule has 1 aliphatic carbocycles. The lowest BCUT2D eigenvalue weighted by atomic mass is 9.84. The van der Waals surface area contributed by atoms with Crippen molar-refractivity contribution in [1.29, 1.82) is 0 Å². The van der Waals surface area contributed by atoms with Gasteiger partial charge in [0.25, 0.3) is 0 Å². The fraction of sp³-hybridized carbons (Fsp3) is 0.647. The standard InChI is InChI=1S/C17H25N3O2/c1-2-3-4-5-6-7-8-9-10-13-14(17(21)22)11-12-15-16(13)19-20-18-15/h11-13H,2-10H2,1H3,(H,21,22). The normalized spacial score (nSPS) is 19.5. The third kappa shape index (κ3) is 4.36. The van der Waals surface area contributed by atoms with Crippen LogP contribution in [0.2, 0.25) is 0 Å². The van der Waals surface area contributed by atoms with Crippen LogP contribution in [0.4, 0.5) is 0 Å². The van der Waals surface area contributed by atoms with E-state index in [1.54, 1.807) is 12.2 Å². The molecule has 1 unspecified atom stereocenters. The average molecular weight is 303 g/mol. The van der Waals surface area contributed by atoms with Gasteiger partial charge in [0.15, 0.2) is 0 Å². The molecule has 0 amide bonds. The van der Waals surface area contributed by atoms with Crippen LogP contribution in [-0.2, 0) is 4.79 Å². The van der Waals surface area contributed by atoms with E-state index in [1.807, 2.05) is 0 Å². The number of hydrogen-bond acceptors (Lipinski definition) is 4. The summed E-state index contributed by atoms with van der Waals surface area (Å²) in [7, 11) is 0.